The van der Waals surface area contributed by atoms with Gasteiger partial charge in [-0.3, -0.25) is 0 Å². The number of hydrogen-bond acceptors (Lipinski definition) is 3. The average Bonchev–Trinajstić information content (AvgIpc) is 2.79. The minimum absolute atomic E-state index is 0.200. The summed E-state index contributed by atoms with van der Waals surface area (Å²) in [6, 6.07) is 7.94. The summed E-state index contributed by atoms with van der Waals surface area (Å²) in [5.41, 5.74) is 0.991. The summed E-state index contributed by atoms with van der Waals surface area (Å²) in [5.74, 6) is 0.855. The van der Waals surface area contributed by atoms with Gasteiger partial charge in [0, 0.05) is 12.0 Å². The van der Waals surface area contributed by atoms with E-state index in [-0.39, 0.29) is 5.41 Å². The second kappa shape index (κ2) is 4.66. The Morgan fingerprint density at radius 3 is 2.69 bits per heavy atom. The smallest absolute Gasteiger partial charge is 0.127 e. The molecule has 0 aliphatic carbocycles. The highest BCUT2D eigenvalue weighted by molar-refractivity contribution is 5.61. The summed E-state index contributed by atoms with van der Waals surface area (Å²) in [6.07, 6.45) is 2.85. The first-order valence-corrected chi connectivity index (χ1v) is 5.58. The first-order chi connectivity index (χ1) is 7.78. The van der Waals surface area contributed by atoms with E-state index in [1.807, 2.05) is 24.3 Å². The van der Waals surface area contributed by atoms with Crippen LogP contribution in [0.3, 0.4) is 0 Å². The van der Waals surface area contributed by atoms with Gasteiger partial charge in [-0.15, -0.1) is 0 Å². The van der Waals surface area contributed by atoms with Gasteiger partial charge in [-0.2, -0.15) is 0 Å². The average molecular weight is 219 g/mol. The topological polar surface area (TPSA) is 38.3 Å². The summed E-state index contributed by atoms with van der Waals surface area (Å²) >= 11 is 0. The van der Waals surface area contributed by atoms with Gasteiger partial charge in [-0.25, -0.2) is 0 Å². The molecule has 0 bridgehead atoms. The molecule has 1 N–H and O–H groups in total. The van der Waals surface area contributed by atoms with Gasteiger partial charge in [0.15, 0.2) is 0 Å². The van der Waals surface area contributed by atoms with Crippen molar-refractivity contribution >= 4 is 6.29 Å². The molecule has 0 aromatic heterocycles. The van der Waals surface area contributed by atoms with Crippen LogP contribution in [0.2, 0.25) is 0 Å². The molecule has 0 radical (unpaired) electrons. The second-order valence-electron chi connectivity index (χ2n) is 4.43. The minimum Gasteiger partial charge on any atom is -0.497 e. The predicted octanol–water partition coefficient (Wildman–Crippen LogP) is 1.42. The molecule has 0 saturated carbocycles. The molecule has 0 amide bonds. The molecule has 0 spiro atoms. The molecule has 1 aliphatic rings. The molecule has 2 rings (SSSR count). The van der Waals surface area contributed by atoms with Crippen molar-refractivity contribution in [2.75, 3.05) is 20.2 Å². The quantitative estimate of drug-likeness (QED) is 0.778. The number of carbonyl (C=O) groups excluding carboxylic acids is 1. The molecule has 1 fully saturated rings. The zero-order valence-electron chi connectivity index (χ0n) is 9.53. The summed E-state index contributed by atoms with van der Waals surface area (Å²) in [4.78, 5) is 11.2. The maximum absolute atomic E-state index is 11.2. The SMILES string of the molecule is COc1ccc(CC2(C=O)CCNC2)cc1. The van der Waals surface area contributed by atoms with Crippen molar-refractivity contribution in [2.45, 2.75) is 12.8 Å². The van der Waals surface area contributed by atoms with Gasteiger partial charge in [0.1, 0.15) is 12.0 Å². The third kappa shape index (κ3) is 2.25. The Balaban J connectivity index is 2.10. The lowest BCUT2D eigenvalue weighted by molar-refractivity contribution is -0.115. The van der Waals surface area contributed by atoms with Gasteiger partial charge in [0.2, 0.25) is 0 Å². The number of carbonyl (C=O) groups is 1. The third-order valence-electron chi connectivity index (χ3n) is 3.24. The Morgan fingerprint density at radius 2 is 2.19 bits per heavy atom. The van der Waals surface area contributed by atoms with Crippen LogP contribution in [0.1, 0.15) is 12.0 Å². The van der Waals surface area contributed by atoms with Gasteiger partial charge in [-0.05, 0) is 37.1 Å². The van der Waals surface area contributed by atoms with Crippen molar-refractivity contribution in [3.63, 3.8) is 0 Å². The van der Waals surface area contributed by atoms with E-state index in [9.17, 15) is 4.79 Å². The Morgan fingerprint density at radius 1 is 1.44 bits per heavy atom. The molecule has 1 aromatic rings. The molecular weight excluding hydrogens is 202 g/mol. The van der Waals surface area contributed by atoms with E-state index >= 15 is 0 Å². The van der Waals surface area contributed by atoms with Crippen LogP contribution in [-0.4, -0.2) is 26.5 Å². The monoisotopic (exact) mass is 219 g/mol. The maximum atomic E-state index is 11.2. The zero-order valence-corrected chi connectivity index (χ0v) is 9.53. The van der Waals surface area contributed by atoms with Crippen LogP contribution in [0.4, 0.5) is 0 Å². The zero-order chi connectivity index (χ0) is 11.4. The molecule has 86 valence electrons. The summed E-state index contributed by atoms with van der Waals surface area (Å²) < 4.78 is 5.11. The highest BCUT2D eigenvalue weighted by atomic mass is 16.5. The third-order valence-corrected chi connectivity index (χ3v) is 3.24. The van der Waals surface area contributed by atoms with Crippen molar-refractivity contribution in [1.29, 1.82) is 0 Å². The van der Waals surface area contributed by atoms with Crippen molar-refractivity contribution in [1.82, 2.24) is 5.32 Å². The van der Waals surface area contributed by atoms with Gasteiger partial charge in [0.05, 0.1) is 7.11 Å². The number of ether oxygens (including phenoxy) is 1. The van der Waals surface area contributed by atoms with Crippen LogP contribution in [0, 0.1) is 5.41 Å². The van der Waals surface area contributed by atoms with Gasteiger partial charge >= 0.3 is 0 Å². The fourth-order valence-corrected chi connectivity index (χ4v) is 2.21. The van der Waals surface area contributed by atoms with Gasteiger partial charge in [0.25, 0.3) is 0 Å². The van der Waals surface area contributed by atoms with Crippen molar-refractivity contribution < 1.29 is 9.53 Å². The number of methoxy groups -OCH3 is 1. The van der Waals surface area contributed by atoms with Crippen LogP contribution >= 0.6 is 0 Å². The first kappa shape index (κ1) is 11.1. The molecular formula is C13H17NO2. The Hall–Kier alpha value is -1.35. The fourth-order valence-electron chi connectivity index (χ4n) is 2.21. The molecule has 1 saturated heterocycles. The highest BCUT2D eigenvalue weighted by Crippen LogP contribution is 2.28. The minimum atomic E-state index is -0.200. The number of nitrogens with one attached hydrogen (secondary N) is 1. The van der Waals surface area contributed by atoms with Crippen molar-refractivity contribution in [2.24, 2.45) is 5.41 Å². The van der Waals surface area contributed by atoms with Crippen LogP contribution < -0.4 is 10.1 Å². The van der Waals surface area contributed by atoms with E-state index in [1.54, 1.807) is 7.11 Å². The van der Waals surface area contributed by atoms with E-state index in [0.717, 1.165) is 38.0 Å². The fraction of sp³-hybridized carbons (Fsp3) is 0.462. The van der Waals surface area contributed by atoms with Crippen LogP contribution in [0.5, 0.6) is 5.75 Å². The molecule has 3 nitrogen and oxygen atoms in total. The Kier molecular flexibility index (Phi) is 3.25. The summed E-state index contributed by atoms with van der Waals surface area (Å²) in [5, 5.41) is 3.25. The van der Waals surface area contributed by atoms with Crippen molar-refractivity contribution in [3.05, 3.63) is 29.8 Å². The maximum Gasteiger partial charge on any atom is 0.127 e. The van der Waals surface area contributed by atoms with Crippen molar-refractivity contribution in [3.8, 4) is 5.75 Å². The van der Waals surface area contributed by atoms with Crippen LogP contribution in [-0.2, 0) is 11.2 Å². The van der Waals surface area contributed by atoms with E-state index < -0.39 is 0 Å². The van der Waals surface area contributed by atoms with Crippen LogP contribution in [0.25, 0.3) is 0 Å². The number of benzene rings is 1. The van der Waals surface area contributed by atoms with Crippen LogP contribution in [0.15, 0.2) is 24.3 Å². The van der Waals surface area contributed by atoms with E-state index in [4.69, 9.17) is 4.74 Å². The lowest BCUT2D eigenvalue weighted by Gasteiger charge is -2.20. The van der Waals surface area contributed by atoms with Gasteiger partial charge < -0.3 is 14.8 Å². The predicted molar refractivity (Wildman–Crippen MR) is 62.7 cm³/mol. The normalized spacial score (nSPS) is 24.3. The highest BCUT2D eigenvalue weighted by Gasteiger charge is 2.33. The van der Waals surface area contributed by atoms with E-state index in [1.165, 1.54) is 5.56 Å². The number of aldehydes is 1. The van der Waals surface area contributed by atoms with E-state index in [2.05, 4.69) is 5.32 Å². The Labute approximate surface area is 95.8 Å². The first-order valence-electron chi connectivity index (χ1n) is 5.58. The summed E-state index contributed by atoms with van der Waals surface area (Å²) in [6.45, 7) is 1.73. The Bertz CT molecular complexity index is 353. The number of hydrogen-bond donors (Lipinski definition) is 1. The molecule has 1 atom stereocenters. The molecule has 1 heterocycles. The molecule has 1 unspecified atom stereocenters. The molecule has 1 aromatic carbocycles. The van der Waals surface area contributed by atoms with Gasteiger partial charge in [-0.1, -0.05) is 12.1 Å². The molecule has 16 heavy (non-hydrogen) atoms. The lowest BCUT2D eigenvalue weighted by atomic mass is 9.82. The lowest BCUT2D eigenvalue weighted by Crippen LogP contribution is -2.28. The largest absolute Gasteiger partial charge is 0.497 e. The van der Waals surface area contributed by atoms with E-state index in [0.29, 0.717) is 0 Å². The molecule has 1 aliphatic heterocycles. The standard InChI is InChI=1S/C13H17NO2/c1-16-12-4-2-11(3-5-12)8-13(10-15)6-7-14-9-13/h2-5,10,14H,6-9H2,1H3. The summed E-state index contributed by atoms with van der Waals surface area (Å²) in [7, 11) is 1.66. The number of rotatable bonds is 4. The molecule has 3 heteroatoms. The second-order valence-corrected chi connectivity index (χ2v) is 4.43.